The second-order valence-corrected chi connectivity index (χ2v) is 4.83. The highest BCUT2D eigenvalue weighted by Gasteiger charge is 2.30. The molecule has 5 nitrogen and oxygen atoms in total. The minimum Gasteiger partial charge on any atom is -0.475 e. The van der Waals surface area contributed by atoms with Crippen molar-refractivity contribution >= 4 is 11.9 Å². The summed E-state index contributed by atoms with van der Waals surface area (Å²) in [5.41, 5.74) is 0. The van der Waals surface area contributed by atoms with E-state index in [1.54, 1.807) is 4.90 Å². The summed E-state index contributed by atoms with van der Waals surface area (Å²) in [7, 11) is 0. The zero-order valence-electron chi connectivity index (χ0n) is 10.5. The van der Waals surface area contributed by atoms with E-state index in [9.17, 15) is 9.59 Å². The SMILES string of the molecule is CC1CCCN(C(=O)c2ccc(C(=O)O)o2)C1C. The number of hydrogen-bond donors (Lipinski definition) is 1. The van der Waals surface area contributed by atoms with E-state index in [1.165, 1.54) is 12.1 Å². The normalized spacial score (nSPS) is 24.0. The van der Waals surface area contributed by atoms with Crippen molar-refractivity contribution in [2.75, 3.05) is 6.54 Å². The topological polar surface area (TPSA) is 70.8 Å². The summed E-state index contributed by atoms with van der Waals surface area (Å²) in [5.74, 6) is -1.02. The van der Waals surface area contributed by atoms with Crippen LogP contribution in [0.5, 0.6) is 0 Å². The molecular formula is C13H17NO4. The van der Waals surface area contributed by atoms with E-state index in [0.29, 0.717) is 12.5 Å². The molecule has 98 valence electrons. The number of carbonyl (C=O) groups excluding carboxylic acids is 1. The number of aromatic carboxylic acids is 1. The Kier molecular flexibility index (Phi) is 3.41. The number of amides is 1. The Labute approximate surface area is 105 Å². The van der Waals surface area contributed by atoms with Crippen molar-refractivity contribution in [2.24, 2.45) is 5.92 Å². The van der Waals surface area contributed by atoms with Gasteiger partial charge in [0.1, 0.15) is 0 Å². The quantitative estimate of drug-likeness (QED) is 0.875. The lowest BCUT2D eigenvalue weighted by Gasteiger charge is -2.37. The fourth-order valence-corrected chi connectivity index (χ4v) is 2.33. The zero-order valence-corrected chi connectivity index (χ0v) is 10.5. The number of piperidine rings is 1. The molecule has 0 aromatic carbocycles. The molecule has 1 amide bonds. The minimum atomic E-state index is -1.16. The fourth-order valence-electron chi connectivity index (χ4n) is 2.33. The molecule has 5 heteroatoms. The highest BCUT2D eigenvalue weighted by Crippen LogP contribution is 2.25. The van der Waals surface area contributed by atoms with Crippen LogP contribution in [0.4, 0.5) is 0 Å². The van der Waals surface area contributed by atoms with Gasteiger partial charge in [0.05, 0.1) is 0 Å². The van der Waals surface area contributed by atoms with Gasteiger partial charge in [0.15, 0.2) is 5.76 Å². The maximum Gasteiger partial charge on any atom is 0.371 e. The first kappa shape index (κ1) is 12.7. The largest absolute Gasteiger partial charge is 0.475 e. The second-order valence-electron chi connectivity index (χ2n) is 4.83. The van der Waals surface area contributed by atoms with Crippen molar-refractivity contribution in [1.29, 1.82) is 0 Å². The van der Waals surface area contributed by atoms with Crippen LogP contribution in [0.25, 0.3) is 0 Å². The van der Waals surface area contributed by atoms with Gasteiger partial charge in [0, 0.05) is 12.6 Å². The molecule has 18 heavy (non-hydrogen) atoms. The number of nitrogens with zero attached hydrogens (tertiary/aromatic N) is 1. The molecule has 1 aliphatic rings. The van der Waals surface area contributed by atoms with E-state index < -0.39 is 5.97 Å². The molecule has 1 aromatic rings. The lowest BCUT2D eigenvalue weighted by molar-refractivity contribution is 0.0512. The fraction of sp³-hybridized carbons (Fsp3) is 0.538. The first-order chi connectivity index (χ1) is 8.50. The average molecular weight is 251 g/mol. The lowest BCUT2D eigenvalue weighted by atomic mass is 9.92. The Morgan fingerprint density at radius 3 is 2.61 bits per heavy atom. The molecule has 1 saturated heterocycles. The monoisotopic (exact) mass is 251 g/mol. The third-order valence-corrected chi connectivity index (χ3v) is 3.66. The highest BCUT2D eigenvalue weighted by atomic mass is 16.4. The number of furan rings is 1. The molecule has 2 atom stereocenters. The number of rotatable bonds is 2. The van der Waals surface area contributed by atoms with Crippen molar-refractivity contribution in [3.63, 3.8) is 0 Å². The number of hydrogen-bond acceptors (Lipinski definition) is 3. The molecule has 2 heterocycles. The van der Waals surface area contributed by atoms with Crippen LogP contribution >= 0.6 is 0 Å². The molecule has 1 aliphatic heterocycles. The summed E-state index contributed by atoms with van der Waals surface area (Å²) in [6.07, 6.45) is 2.09. The Bertz CT molecular complexity index is 465. The van der Waals surface area contributed by atoms with Crippen LogP contribution in [-0.2, 0) is 0 Å². The van der Waals surface area contributed by atoms with E-state index in [0.717, 1.165) is 12.8 Å². The molecule has 1 aromatic heterocycles. The summed E-state index contributed by atoms with van der Waals surface area (Å²) < 4.78 is 5.05. The van der Waals surface area contributed by atoms with Gasteiger partial charge >= 0.3 is 5.97 Å². The Hall–Kier alpha value is -1.78. The molecular weight excluding hydrogens is 234 g/mol. The van der Waals surface area contributed by atoms with E-state index in [2.05, 4.69) is 6.92 Å². The zero-order chi connectivity index (χ0) is 13.3. The molecule has 0 radical (unpaired) electrons. The third kappa shape index (κ3) is 2.25. The molecule has 2 rings (SSSR count). The molecule has 0 saturated carbocycles. The van der Waals surface area contributed by atoms with Gasteiger partial charge < -0.3 is 14.4 Å². The summed E-state index contributed by atoms with van der Waals surface area (Å²) in [6, 6.07) is 2.90. The highest BCUT2D eigenvalue weighted by molar-refractivity contribution is 5.93. The average Bonchev–Trinajstić information content (AvgIpc) is 2.81. The molecule has 1 fully saturated rings. The Balaban J connectivity index is 2.17. The van der Waals surface area contributed by atoms with Crippen molar-refractivity contribution in [2.45, 2.75) is 32.7 Å². The molecule has 0 bridgehead atoms. The van der Waals surface area contributed by atoms with Gasteiger partial charge in [0.25, 0.3) is 5.91 Å². The van der Waals surface area contributed by atoms with Crippen LogP contribution < -0.4 is 0 Å². The van der Waals surface area contributed by atoms with E-state index in [-0.39, 0.29) is 23.5 Å². The maximum atomic E-state index is 12.2. The van der Waals surface area contributed by atoms with Crippen LogP contribution in [0.1, 0.15) is 47.8 Å². The maximum absolute atomic E-state index is 12.2. The van der Waals surface area contributed by atoms with Gasteiger partial charge in [0.2, 0.25) is 5.76 Å². The third-order valence-electron chi connectivity index (χ3n) is 3.66. The number of carboxylic acids is 1. The Morgan fingerprint density at radius 2 is 2.00 bits per heavy atom. The molecule has 0 aliphatic carbocycles. The van der Waals surface area contributed by atoms with Gasteiger partial charge in [-0.25, -0.2) is 4.79 Å². The first-order valence-corrected chi connectivity index (χ1v) is 6.15. The van der Waals surface area contributed by atoms with Gasteiger partial charge in [-0.05, 0) is 37.8 Å². The first-order valence-electron chi connectivity index (χ1n) is 6.15. The predicted octanol–water partition coefficient (Wildman–Crippen LogP) is 2.24. The van der Waals surface area contributed by atoms with Crippen molar-refractivity contribution in [3.8, 4) is 0 Å². The molecule has 0 spiro atoms. The van der Waals surface area contributed by atoms with Gasteiger partial charge in [-0.15, -0.1) is 0 Å². The standard InChI is InChI=1S/C13H17NO4/c1-8-4-3-7-14(9(8)2)12(15)10-5-6-11(18-10)13(16)17/h5-6,8-9H,3-4,7H2,1-2H3,(H,16,17). The van der Waals surface area contributed by atoms with E-state index >= 15 is 0 Å². The minimum absolute atomic E-state index is 0.105. The number of carboxylic acid groups (broad SMARTS) is 1. The predicted molar refractivity (Wildman–Crippen MR) is 64.6 cm³/mol. The number of likely N-dealkylation sites (tertiary alicyclic amines) is 1. The Morgan fingerprint density at radius 1 is 1.33 bits per heavy atom. The van der Waals surface area contributed by atoms with Crippen molar-refractivity contribution < 1.29 is 19.1 Å². The number of carbonyl (C=O) groups is 2. The van der Waals surface area contributed by atoms with E-state index in [4.69, 9.17) is 9.52 Å². The van der Waals surface area contributed by atoms with Gasteiger partial charge in [-0.2, -0.15) is 0 Å². The van der Waals surface area contributed by atoms with Gasteiger partial charge in [-0.3, -0.25) is 4.79 Å². The van der Waals surface area contributed by atoms with Crippen molar-refractivity contribution in [1.82, 2.24) is 4.90 Å². The van der Waals surface area contributed by atoms with E-state index in [1.807, 2.05) is 6.92 Å². The van der Waals surface area contributed by atoms with Crippen LogP contribution in [0.3, 0.4) is 0 Å². The van der Waals surface area contributed by atoms with Crippen LogP contribution in [0.15, 0.2) is 16.5 Å². The van der Waals surface area contributed by atoms with Crippen LogP contribution in [0, 0.1) is 5.92 Å². The lowest BCUT2D eigenvalue weighted by Crippen LogP contribution is -2.45. The smallest absolute Gasteiger partial charge is 0.371 e. The summed E-state index contributed by atoms with van der Waals surface area (Å²) in [6.45, 7) is 4.84. The molecule has 2 unspecified atom stereocenters. The summed E-state index contributed by atoms with van der Waals surface area (Å²) >= 11 is 0. The summed E-state index contributed by atoms with van der Waals surface area (Å²) in [5, 5.41) is 8.77. The van der Waals surface area contributed by atoms with Crippen LogP contribution in [0.2, 0.25) is 0 Å². The second kappa shape index (κ2) is 4.84. The van der Waals surface area contributed by atoms with Crippen LogP contribution in [-0.4, -0.2) is 34.5 Å². The van der Waals surface area contributed by atoms with Crippen molar-refractivity contribution in [3.05, 3.63) is 23.7 Å². The van der Waals surface area contributed by atoms with Gasteiger partial charge in [-0.1, -0.05) is 6.92 Å². The molecule has 1 N–H and O–H groups in total. The summed E-state index contributed by atoms with van der Waals surface area (Å²) in [4.78, 5) is 24.7.